The molecule has 0 aliphatic rings. The number of hydrogen-bond donors (Lipinski definition) is 2. The van der Waals surface area contributed by atoms with E-state index in [2.05, 4.69) is 0 Å². The summed E-state index contributed by atoms with van der Waals surface area (Å²) in [6, 6.07) is 6.93. The van der Waals surface area contributed by atoms with Crippen molar-refractivity contribution in [2.75, 3.05) is 0 Å². The zero-order chi connectivity index (χ0) is 11.9. The molecule has 2 aromatic rings. The summed E-state index contributed by atoms with van der Waals surface area (Å²) >= 11 is 5.86. The van der Waals surface area contributed by atoms with E-state index in [1.165, 1.54) is 24.3 Å². The molecule has 0 aromatic heterocycles. The fraction of sp³-hybridized carbons (Fsp3) is 0. The number of phenolic OH excluding ortho intramolecular Hbond substituents is 1. The molecule has 0 amide bonds. The van der Waals surface area contributed by atoms with E-state index in [9.17, 15) is 13.5 Å². The number of fused-ring (bicyclic) bond motifs is 1. The van der Waals surface area contributed by atoms with Crippen molar-refractivity contribution < 1.29 is 18.1 Å². The Kier molecular flexibility index (Phi) is 2.53. The molecule has 0 aliphatic carbocycles. The lowest BCUT2D eigenvalue weighted by Gasteiger charge is -2.06. The Morgan fingerprint density at radius 2 is 1.81 bits per heavy atom. The van der Waals surface area contributed by atoms with Gasteiger partial charge in [-0.2, -0.15) is 8.42 Å². The van der Waals surface area contributed by atoms with Crippen LogP contribution in [0.1, 0.15) is 0 Å². The second-order valence-corrected chi connectivity index (χ2v) is 5.02. The molecular formula is C10H7ClO4S. The van der Waals surface area contributed by atoms with Crippen molar-refractivity contribution in [3.05, 3.63) is 35.4 Å². The molecule has 2 N–H and O–H groups in total. The van der Waals surface area contributed by atoms with Crippen molar-refractivity contribution in [1.82, 2.24) is 0 Å². The largest absolute Gasteiger partial charge is 0.507 e. The van der Waals surface area contributed by atoms with E-state index < -0.39 is 10.1 Å². The molecule has 0 unspecified atom stereocenters. The van der Waals surface area contributed by atoms with E-state index in [1.807, 2.05) is 0 Å². The third-order valence-electron chi connectivity index (χ3n) is 2.21. The maximum atomic E-state index is 11.1. The van der Waals surface area contributed by atoms with Gasteiger partial charge in [0.1, 0.15) is 10.6 Å². The van der Waals surface area contributed by atoms with Gasteiger partial charge in [-0.25, -0.2) is 0 Å². The van der Waals surface area contributed by atoms with E-state index in [1.54, 1.807) is 6.07 Å². The van der Waals surface area contributed by atoms with Crippen LogP contribution in [0.15, 0.2) is 35.2 Å². The van der Waals surface area contributed by atoms with Crippen molar-refractivity contribution in [1.29, 1.82) is 0 Å². The van der Waals surface area contributed by atoms with E-state index in [4.69, 9.17) is 16.2 Å². The molecule has 0 heterocycles. The Morgan fingerprint density at radius 1 is 1.12 bits per heavy atom. The predicted molar refractivity (Wildman–Crippen MR) is 60.4 cm³/mol. The molecule has 4 nitrogen and oxygen atoms in total. The lowest BCUT2D eigenvalue weighted by Crippen LogP contribution is -1.99. The van der Waals surface area contributed by atoms with Crippen LogP contribution >= 0.6 is 11.6 Å². The molecule has 16 heavy (non-hydrogen) atoms. The lowest BCUT2D eigenvalue weighted by molar-refractivity contribution is 0.474. The summed E-state index contributed by atoms with van der Waals surface area (Å²) in [7, 11) is -4.39. The first kappa shape index (κ1) is 11.2. The zero-order valence-electron chi connectivity index (χ0n) is 7.88. The number of halogens is 1. The highest BCUT2D eigenvalue weighted by molar-refractivity contribution is 7.86. The molecule has 0 radical (unpaired) electrons. The molecule has 2 rings (SSSR count). The minimum Gasteiger partial charge on any atom is -0.507 e. The molecule has 0 fully saturated rings. The highest BCUT2D eigenvalue weighted by Crippen LogP contribution is 2.34. The first-order valence-electron chi connectivity index (χ1n) is 4.29. The Bertz CT molecular complexity index is 664. The number of benzene rings is 2. The molecule has 0 atom stereocenters. The second-order valence-electron chi connectivity index (χ2n) is 3.22. The van der Waals surface area contributed by atoms with Gasteiger partial charge in [-0.15, -0.1) is 0 Å². The second kappa shape index (κ2) is 3.62. The van der Waals surface area contributed by atoms with E-state index in [0.717, 1.165) is 0 Å². The highest BCUT2D eigenvalue weighted by Gasteiger charge is 2.17. The Balaban J connectivity index is 3.04. The minimum absolute atomic E-state index is 0.0255. The highest BCUT2D eigenvalue weighted by atomic mass is 35.5. The normalized spacial score (nSPS) is 11.9. The first-order valence-corrected chi connectivity index (χ1v) is 6.11. The number of rotatable bonds is 1. The smallest absolute Gasteiger partial charge is 0.295 e. The van der Waals surface area contributed by atoms with Crippen LogP contribution in [0, 0.1) is 0 Å². The number of hydrogen-bond acceptors (Lipinski definition) is 3. The molecule has 2 aromatic carbocycles. The molecule has 0 aliphatic heterocycles. The van der Waals surface area contributed by atoms with Crippen LogP contribution in [0.25, 0.3) is 10.8 Å². The topological polar surface area (TPSA) is 74.6 Å². The van der Waals surface area contributed by atoms with Gasteiger partial charge in [-0.05, 0) is 18.2 Å². The molecule has 0 saturated heterocycles. The van der Waals surface area contributed by atoms with Crippen LogP contribution in [0.2, 0.25) is 5.02 Å². The van der Waals surface area contributed by atoms with Crippen LogP contribution in [0.5, 0.6) is 5.75 Å². The molecule has 0 spiro atoms. The van der Waals surface area contributed by atoms with Crippen molar-refractivity contribution in [3.63, 3.8) is 0 Å². The molecule has 0 bridgehead atoms. The van der Waals surface area contributed by atoms with Gasteiger partial charge < -0.3 is 5.11 Å². The maximum absolute atomic E-state index is 11.1. The van der Waals surface area contributed by atoms with Crippen LogP contribution in [0.3, 0.4) is 0 Å². The quantitative estimate of drug-likeness (QED) is 0.771. The van der Waals surface area contributed by atoms with Crippen molar-refractivity contribution in [2.24, 2.45) is 0 Å². The van der Waals surface area contributed by atoms with Crippen LogP contribution in [-0.2, 0) is 10.1 Å². The Morgan fingerprint density at radius 3 is 2.44 bits per heavy atom. The van der Waals surface area contributed by atoms with Gasteiger partial charge in [-0.3, -0.25) is 4.55 Å². The van der Waals surface area contributed by atoms with Crippen LogP contribution in [0.4, 0.5) is 0 Å². The number of aromatic hydroxyl groups is 1. The van der Waals surface area contributed by atoms with Gasteiger partial charge in [0.15, 0.2) is 0 Å². The van der Waals surface area contributed by atoms with Gasteiger partial charge in [0.05, 0.1) is 0 Å². The van der Waals surface area contributed by atoms with E-state index >= 15 is 0 Å². The van der Waals surface area contributed by atoms with Gasteiger partial charge in [0, 0.05) is 15.8 Å². The summed E-state index contributed by atoms with van der Waals surface area (Å²) in [4.78, 5) is -0.356. The number of phenols is 1. The third kappa shape index (κ3) is 1.73. The lowest BCUT2D eigenvalue weighted by atomic mass is 10.1. The SMILES string of the molecule is O=S(=O)(O)c1cccc2c(Cl)ccc(O)c12. The van der Waals surface area contributed by atoms with E-state index in [0.29, 0.717) is 10.4 Å². The summed E-state index contributed by atoms with van der Waals surface area (Å²) in [5.41, 5.74) is 0. The maximum Gasteiger partial charge on any atom is 0.295 e. The molecular weight excluding hydrogens is 252 g/mol. The summed E-state index contributed by atoms with van der Waals surface area (Å²) in [6.45, 7) is 0. The van der Waals surface area contributed by atoms with Gasteiger partial charge >= 0.3 is 0 Å². The van der Waals surface area contributed by atoms with Crippen molar-refractivity contribution in [2.45, 2.75) is 4.90 Å². The first-order chi connectivity index (χ1) is 7.41. The average molecular weight is 259 g/mol. The molecule has 0 saturated carbocycles. The summed E-state index contributed by atoms with van der Waals surface area (Å²) in [5.74, 6) is -0.243. The monoisotopic (exact) mass is 258 g/mol. The average Bonchev–Trinajstić information content (AvgIpc) is 2.22. The van der Waals surface area contributed by atoms with Crippen LogP contribution < -0.4 is 0 Å². The predicted octanol–water partition coefficient (Wildman–Crippen LogP) is 2.45. The summed E-state index contributed by atoms with van der Waals surface area (Å²) in [5, 5.41) is 10.3. The van der Waals surface area contributed by atoms with Crippen molar-refractivity contribution in [3.8, 4) is 5.75 Å². The standard InChI is InChI=1S/C10H7ClO4S/c11-7-4-5-8(12)10-6(7)2-1-3-9(10)16(13,14)15/h1-5,12H,(H,13,14,15). The van der Waals surface area contributed by atoms with Crippen molar-refractivity contribution >= 4 is 32.5 Å². The Hall–Kier alpha value is -1.30. The Labute approximate surface area is 96.8 Å². The fourth-order valence-electron chi connectivity index (χ4n) is 1.53. The van der Waals surface area contributed by atoms with Gasteiger partial charge in [0.2, 0.25) is 0 Å². The molecule has 6 heteroatoms. The minimum atomic E-state index is -4.39. The third-order valence-corrected chi connectivity index (χ3v) is 3.43. The van der Waals surface area contributed by atoms with Crippen LogP contribution in [-0.4, -0.2) is 18.1 Å². The molecule has 84 valence electrons. The summed E-state index contributed by atoms with van der Waals surface area (Å²) < 4.78 is 31.2. The van der Waals surface area contributed by atoms with Gasteiger partial charge in [-0.1, -0.05) is 23.7 Å². The fourth-order valence-corrected chi connectivity index (χ4v) is 2.48. The van der Waals surface area contributed by atoms with E-state index in [-0.39, 0.29) is 16.0 Å². The van der Waals surface area contributed by atoms with Gasteiger partial charge in [0.25, 0.3) is 10.1 Å². The zero-order valence-corrected chi connectivity index (χ0v) is 9.46. The summed E-state index contributed by atoms with van der Waals surface area (Å²) in [6.07, 6.45) is 0.